The number of carbonyl (C=O) groups excluding carboxylic acids is 1. The quantitative estimate of drug-likeness (QED) is 0.691. The highest BCUT2D eigenvalue weighted by molar-refractivity contribution is 6.42. The molecule has 0 aromatic heterocycles. The fourth-order valence-electron chi connectivity index (χ4n) is 1.85. The molecule has 110 valence electrons. The number of ketones is 1. The summed E-state index contributed by atoms with van der Waals surface area (Å²) in [5.74, 6) is 0.898. The van der Waals surface area contributed by atoms with Crippen LogP contribution in [0.1, 0.15) is 35.7 Å². The van der Waals surface area contributed by atoms with Crippen molar-refractivity contribution in [2.75, 3.05) is 6.61 Å². The second-order valence-electron chi connectivity index (χ2n) is 5.06. The van der Waals surface area contributed by atoms with Gasteiger partial charge in [0.1, 0.15) is 5.75 Å². The molecule has 0 fully saturated rings. The molecule has 0 atom stereocenters. The monoisotopic (exact) mass is 322 g/mol. The summed E-state index contributed by atoms with van der Waals surface area (Å²) in [6.45, 7) is 4.20. The number of hydrogen-bond acceptors (Lipinski definition) is 2. The van der Waals surface area contributed by atoms with Gasteiger partial charge in [-0.3, -0.25) is 4.79 Å². The number of benzene rings is 2. The van der Waals surface area contributed by atoms with Gasteiger partial charge in [-0.15, -0.1) is 0 Å². The minimum Gasteiger partial charge on any atom is -0.485 e. The maximum absolute atomic E-state index is 12.1. The van der Waals surface area contributed by atoms with E-state index in [-0.39, 0.29) is 12.4 Å². The summed E-state index contributed by atoms with van der Waals surface area (Å²) < 4.78 is 5.44. The van der Waals surface area contributed by atoms with Gasteiger partial charge in [0.05, 0.1) is 10.0 Å². The Labute approximate surface area is 134 Å². The van der Waals surface area contributed by atoms with E-state index in [1.165, 1.54) is 5.56 Å². The maximum atomic E-state index is 12.1. The molecule has 21 heavy (non-hydrogen) atoms. The van der Waals surface area contributed by atoms with E-state index in [9.17, 15) is 4.79 Å². The molecule has 2 aromatic carbocycles. The van der Waals surface area contributed by atoms with Crippen LogP contribution in [0, 0.1) is 0 Å². The van der Waals surface area contributed by atoms with E-state index in [1.807, 2.05) is 24.3 Å². The highest BCUT2D eigenvalue weighted by Gasteiger charge is 2.08. The van der Waals surface area contributed by atoms with Crippen LogP contribution in [0.25, 0.3) is 0 Å². The third-order valence-corrected chi connectivity index (χ3v) is 3.90. The molecular formula is C17H16Cl2O2. The molecule has 0 aliphatic carbocycles. The van der Waals surface area contributed by atoms with E-state index in [4.69, 9.17) is 27.9 Å². The first-order valence-electron chi connectivity index (χ1n) is 6.68. The Morgan fingerprint density at radius 2 is 1.71 bits per heavy atom. The van der Waals surface area contributed by atoms with Crippen LogP contribution in [-0.4, -0.2) is 12.4 Å². The Kier molecular flexibility index (Phi) is 5.27. The van der Waals surface area contributed by atoms with Crippen LogP contribution in [0.3, 0.4) is 0 Å². The second kappa shape index (κ2) is 6.97. The van der Waals surface area contributed by atoms with Gasteiger partial charge in [-0.2, -0.15) is 0 Å². The zero-order valence-corrected chi connectivity index (χ0v) is 13.4. The molecule has 0 bridgehead atoms. The summed E-state index contributed by atoms with van der Waals surface area (Å²) in [5, 5.41) is 0.863. The van der Waals surface area contributed by atoms with E-state index >= 15 is 0 Å². The van der Waals surface area contributed by atoms with Gasteiger partial charge in [-0.25, -0.2) is 0 Å². The summed E-state index contributed by atoms with van der Waals surface area (Å²) in [6, 6.07) is 12.5. The largest absolute Gasteiger partial charge is 0.485 e. The minimum absolute atomic E-state index is 0.0288. The Bertz CT molecular complexity index is 634. The lowest BCUT2D eigenvalue weighted by Crippen LogP contribution is -2.11. The van der Waals surface area contributed by atoms with E-state index in [0.717, 1.165) is 0 Å². The molecule has 0 heterocycles. The number of Topliss-reactive ketones (excluding diaryl/α,β-unsaturated/α-hetero) is 1. The van der Waals surface area contributed by atoms with Gasteiger partial charge >= 0.3 is 0 Å². The zero-order valence-electron chi connectivity index (χ0n) is 11.9. The molecule has 4 heteroatoms. The lowest BCUT2D eigenvalue weighted by atomic mass is 10.0. The molecule has 0 amide bonds. The summed E-state index contributed by atoms with van der Waals surface area (Å²) in [5.41, 5.74) is 1.84. The normalized spacial score (nSPS) is 10.7. The molecule has 0 aliphatic rings. The predicted octanol–water partition coefficient (Wildman–Crippen LogP) is 5.38. The molecule has 0 spiro atoms. The molecule has 0 unspecified atom stereocenters. The summed E-state index contributed by atoms with van der Waals surface area (Å²) in [7, 11) is 0. The predicted molar refractivity (Wildman–Crippen MR) is 86.8 cm³/mol. The van der Waals surface area contributed by atoms with Crippen molar-refractivity contribution in [2.24, 2.45) is 0 Å². The first-order chi connectivity index (χ1) is 9.97. The Balaban J connectivity index is 1.99. The maximum Gasteiger partial charge on any atom is 0.200 e. The molecule has 0 saturated carbocycles. The summed E-state index contributed by atoms with van der Waals surface area (Å²) >= 11 is 11.7. The third kappa shape index (κ3) is 4.23. The van der Waals surface area contributed by atoms with E-state index in [2.05, 4.69) is 13.8 Å². The van der Waals surface area contributed by atoms with Gasteiger partial charge < -0.3 is 4.74 Å². The van der Waals surface area contributed by atoms with Crippen LogP contribution in [0.2, 0.25) is 10.0 Å². The first kappa shape index (κ1) is 15.9. The fraction of sp³-hybridized carbons (Fsp3) is 0.235. The lowest BCUT2D eigenvalue weighted by molar-refractivity contribution is 0.0921. The van der Waals surface area contributed by atoms with E-state index < -0.39 is 0 Å². The van der Waals surface area contributed by atoms with Crippen LogP contribution in [0.5, 0.6) is 5.75 Å². The average molecular weight is 323 g/mol. The SMILES string of the molecule is CC(C)c1ccc(C(=O)COc2ccc(Cl)c(Cl)c2)cc1. The molecule has 0 radical (unpaired) electrons. The topological polar surface area (TPSA) is 26.3 Å². The lowest BCUT2D eigenvalue weighted by Gasteiger charge is -2.08. The number of carbonyl (C=O) groups is 1. The van der Waals surface area contributed by atoms with Gasteiger partial charge in [0.2, 0.25) is 0 Å². The molecule has 2 rings (SSSR count). The molecule has 0 N–H and O–H groups in total. The molecule has 2 aromatic rings. The summed E-state index contributed by atoms with van der Waals surface area (Å²) in [4.78, 5) is 12.1. The van der Waals surface area contributed by atoms with Crippen LogP contribution in [0.15, 0.2) is 42.5 Å². The summed E-state index contributed by atoms with van der Waals surface area (Å²) in [6.07, 6.45) is 0. The van der Waals surface area contributed by atoms with Crippen LogP contribution in [0.4, 0.5) is 0 Å². The average Bonchev–Trinajstić information content (AvgIpc) is 2.48. The van der Waals surface area contributed by atoms with Crippen LogP contribution in [-0.2, 0) is 0 Å². The van der Waals surface area contributed by atoms with Gasteiger partial charge in [-0.05, 0) is 23.6 Å². The van der Waals surface area contributed by atoms with Crippen molar-refractivity contribution < 1.29 is 9.53 Å². The van der Waals surface area contributed by atoms with Crippen molar-refractivity contribution in [1.82, 2.24) is 0 Å². The minimum atomic E-state index is -0.0728. The van der Waals surface area contributed by atoms with Gasteiger partial charge in [0, 0.05) is 11.6 Å². The van der Waals surface area contributed by atoms with E-state index in [0.29, 0.717) is 27.3 Å². The zero-order chi connectivity index (χ0) is 15.4. The van der Waals surface area contributed by atoms with Gasteiger partial charge in [-0.1, -0.05) is 61.3 Å². The molecular weight excluding hydrogens is 307 g/mol. The van der Waals surface area contributed by atoms with E-state index in [1.54, 1.807) is 18.2 Å². The number of rotatable bonds is 5. The second-order valence-corrected chi connectivity index (χ2v) is 5.88. The van der Waals surface area contributed by atoms with Crippen LogP contribution >= 0.6 is 23.2 Å². The number of ether oxygens (including phenoxy) is 1. The Hall–Kier alpha value is -1.51. The van der Waals surface area contributed by atoms with Crippen LogP contribution < -0.4 is 4.74 Å². The van der Waals surface area contributed by atoms with Gasteiger partial charge in [0.15, 0.2) is 12.4 Å². The van der Waals surface area contributed by atoms with Crippen molar-refractivity contribution in [3.8, 4) is 5.75 Å². The third-order valence-electron chi connectivity index (χ3n) is 3.16. The smallest absolute Gasteiger partial charge is 0.200 e. The molecule has 0 saturated heterocycles. The van der Waals surface area contributed by atoms with Crippen molar-refractivity contribution in [2.45, 2.75) is 19.8 Å². The standard InChI is InChI=1S/C17H16Cl2O2/c1-11(2)12-3-5-13(6-4-12)17(20)10-21-14-7-8-15(18)16(19)9-14/h3-9,11H,10H2,1-2H3. The van der Waals surface area contributed by atoms with Crippen molar-refractivity contribution in [1.29, 1.82) is 0 Å². The Morgan fingerprint density at radius 1 is 1.05 bits per heavy atom. The van der Waals surface area contributed by atoms with Crippen molar-refractivity contribution in [3.63, 3.8) is 0 Å². The van der Waals surface area contributed by atoms with Crippen molar-refractivity contribution in [3.05, 3.63) is 63.6 Å². The Morgan fingerprint density at radius 3 is 2.29 bits per heavy atom. The highest BCUT2D eigenvalue weighted by atomic mass is 35.5. The number of hydrogen-bond donors (Lipinski definition) is 0. The molecule has 0 aliphatic heterocycles. The first-order valence-corrected chi connectivity index (χ1v) is 7.44. The molecule has 2 nitrogen and oxygen atoms in total. The van der Waals surface area contributed by atoms with Crippen molar-refractivity contribution >= 4 is 29.0 Å². The fourth-order valence-corrected chi connectivity index (χ4v) is 2.14. The van der Waals surface area contributed by atoms with Gasteiger partial charge in [0.25, 0.3) is 0 Å². The number of halogens is 2. The highest BCUT2D eigenvalue weighted by Crippen LogP contribution is 2.26.